The van der Waals surface area contributed by atoms with E-state index in [-0.39, 0.29) is 28.1 Å². The van der Waals surface area contributed by atoms with Gasteiger partial charge in [0.1, 0.15) is 17.2 Å². The minimum atomic E-state index is -0.401. The monoisotopic (exact) mass is 606 g/mol. The standard InChI is InChI=1S/C33H35IO3/c1-31(2,21-7-13-24(35)14-8-21)27-19-20-28(34)30(33(5,6)23-11-17-26(37)18-12-23)29(27)32(3,4)22-9-15-25(36)16-10-22/h7-20,35-37H,1-6H3. The Hall–Kier alpha value is -2.99. The van der Waals surface area contributed by atoms with E-state index in [1.165, 1.54) is 20.3 Å². The first-order valence-electron chi connectivity index (χ1n) is 12.5. The van der Waals surface area contributed by atoms with Crippen molar-refractivity contribution >= 4 is 22.6 Å². The van der Waals surface area contributed by atoms with E-state index in [4.69, 9.17) is 0 Å². The first-order valence-corrected chi connectivity index (χ1v) is 13.6. The van der Waals surface area contributed by atoms with Crippen LogP contribution in [0.2, 0.25) is 0 Å². The van der Waals surface area contributed by atoms with Gasteiger partial charge >= 0.3 is 0 Å². The van der Waals surface area contributed by atoms with Crippen molar-refractivity contribution in [3.63, 3.8) is 0 Å². The molecule has 192 valence electrons. The molecule has 0 aromatic heterocycles. The molecule has 0 bridgehead atoms. The predicted molar refractivity (Wildman–Crippen MR) is 160 cm³/mol. The summed E-state index contributed by atoms with van der Waals surface area (Å²) in [7, 11) is 0. The third-order valence-electron chi connectivity index (χ3n) is 7.84. The summed E-state index contributed by atoms with van der Waals surface area (Å²) < 4.78 is 1.17. The van der Waals surface area contributed by atoms with Gasteiger partial charge in [0.15, 0.2) is 0 Å². The van der Waals surface area contributed by atoms with Crippen molar-refractivity contribution in [3.05, 3.63) is 122 Å². The van der Waals surface area contributed by atoms with Gasteiger partial charge in [-0.1, -0.05) is 84.0 Å². The second kappa shape index (κ2) is 9.71. The molecule has 0 radical (unpaired) electrons. The van der Waals surface area contributed by atoms with E-state index in [2.05, 4.69) is 76.3 Å². The minimum Gasteiger partial charge on any atom is -0.508 e. The van der Waals surface area contributed by atoms with Crippen LogP contribution in [0.5, 0.6) is 17.2 Å². The van der Waals surface area contributed by atoms with Crippen molar-refractivity contribution in [2.24, 2.45) is 0 Å². The van der Waals surface area contributed by atoms with Gasteiger partial charge in [-0.05, 0) is 98.4 Å². The maximum atomic E-state index is 10.0. The molecule has 0 saturated heterocycles. The Bertz CT molecular complexity index is 1400. The quantitative estimate of drug-likeness (QED) is 0.193. The maximum Gasteiger partial charge on any atom is 0.115 e. The van der Waals surface area contributed by atoms with E-state index >= 15 is 0 Å². The number of halogens is 1. The maximum absolute atomic E-state index is 10.0. The molecule has 4 heteroatoms. The summed E-state index contributed by atoms with van der Waals surface area (Å²) in [5, 5.41) is 29.9. The van der Waals surface area contributed by atoms with E-state index in [0.717, 1.165) is 16.7 Å². The first-order chi connectivity index (χ1) is 17.3. The lowest BCUT2D eigenvalue weighted by Gasteiger charge is -2.41. The van der Waals surface area contributed by atoms with Crippen molar-refractivity contribution in [2.75, 3.05) is 0 Å². The summed E-state index contributed by atoms with van der Waals surface area (Å²) >= 11 is 2.45. The van der Waals surface area contributed by atoms with Gasteiger partial charge in [-0.3, -0.25) is 0 Å². The summed E-state index contributed by atoms with van der Waals surface area (Å²) in [6, 6.07) is 26.9. The molecule has 0 aliphatic rings. The summed E-state index contributed by atoms with van der Waals surface area (Å²) in [6.45, 7) is 13.4. The fourth-order valence-corrected chi connectivity index (χ4v) is 6.56. The average Bonchev–Trinajstić information content (AvgIpc) is 2.84. The smallest absolute Gasteiger partial charge is 0.115 e. The fourth-order valence-electron chi connectivity index (χ4n) is 5.44. The van der Waals surface area contributed by atoms with Gasteiger partial charge in [0.25, 0.3) is 0 Å². The highest BCUT2D eigenvalue weighted by Gasteiger charge is 2.40. The lowest BCUT2D eigenvalue weighted by molar-refractivity contribution is 0.472. The molecule has 0 amide bonds. The zero-order valence-electron chi connectivity index (χ0n) is 22.3. The summed E-state index contributed by atoms with van der Waals surface area (Å²) in [4.78, 5) is 0. The topological polar surface area (TPSA) is 60.7 Å². The van der Waals surface area contributed by atoms with Crippen molar-refractivity contribution in [1.82, 2.24) is 0 Å². The van der Waals surface area contributed by atoms with Crippen LogP contribution in [-0.4, -0.2) is 15.3 Å². The molecule has 0 spiro atoms. The van der Waals surface area contributed by atoms with Gasteiger partial charge in [0, 0.05) is 19.8 Å². The lowest BCUT2D eigenvalue weighted by atomic mass is 9.63. The third-order valence-corrected chi connectivity index (χ3v) is 8.74. The Morgan fingerprint density at radius 2 is 0.757 bits per heavy atom. The average molecular weight is 607 g/mol. The van der Waals surface area contributed by atoms with Crippen LogP contribution >= 0.6 is 22.6 Å². The number of aromatic hydroxyl groups is 3. The van der Waals surface area contributed by atoms with Crippen molar-refractivity contribution in [1.29, 1.82) is 0 Å². The highest BCUT2D eigenvalue weighted by atomic mass is 127. The molecule has 0 heterocycles. The molecule has 0 aliphatic heterocycles. The molecular formula is C33H35IO3. The van der Waals surface area contributed by atoms with E-state index in [9.17, 15) is 15.3 Å². The Kier molecular flexibility index (Phi) is 7.10. The van der Waals surface area contributed by atoms with Crippen LogP contribution in [0.1, 0.15) is 74.9 Å². The number of benzene rings is 4. The van der Waals surface area contributed by atoms with E-state index in [1.54, 1.807) is 36.4 Å². The van der Waals surface area contributed by atoms with Gasteiger partial charge in [0.2, 0.25) is 0 Å². The Morgan fingerprint density at radius 3 is 1.14 bits per heavy atom. The molecule has 4 aromatic rings. The summed E-state index contributed by atoms with van der Waals surface area (Å²) in [5.74, 6) is 0.749. The van der Waals surface area contributed by atoms with Gasteiger partial charge in [-0.2, -0.15) is 0 Å². The van der Waals surface area contributed by atoms with Crippen LogP contribution in [0.15, 0.2) is 84.9 Å². The van der Waals surface area contributed by atoms with E-state index < -0.39 is 5.41 Å². The van der Waals surface area contributed by atoms with Gasteiger partial charge < -0.3 is 15.3 Å². The minimum absolute atomic E-state index is 0.247. The molecule has 4 aromatic carbocycles. The van der Waals surface area contributed by atoms with Crippen molar-refractivity contribution in [2.45, 2.75) is 57.8 Å². The molecule has 3 nitrogen and oxygen atoms in total. The lowest BCUT2D eigenvalue weighted by Crippen LogP contribution is -2.34. The molecule has 0 saturated carbocycles. The predicted octanol–water partition coefficient (Wildman–Crippen LogP) is 8.39. The Labute approximate surface area is 234 Å². The SMILES string of the molecule is CC(C)(c1ccc(O)cc1)c1ccc(I)c(C(C)(C)c2ccc(O)cc2)c1C(C)(C)c1ccc(O)cc1. The molecule has 37 heavy (non-hydrogen) atoms. The number of rotatable bonds is 6. The summed E-state index contributed by atoms with van der Waals surface area (Å²) in [5.41, 5.74) is 5.89. The zero-order chi connectivity index (χ0) is 27.2. The number of phenols is 3. The van der Waals surface area contributed by atoms with E-state index in [0.29, 0.717) is 0 Å². The normalized spacial score (nSPS) is 12.5. The number of hydrogen-bond acceptors (Lipinski definition) is 3. The van der Waals surface area contributed by atoms with Crippen LogP contribution in [0.4, 0.5) is 0 Å². The van der Waals surface area contributed by atoms with Crippen LogP contribution in [0.25, 0.3) is 0 Å². The highest BCUT2D eigenvalue weighted by molar-refractivity contribution is 14.1. The van der Waals surface area contributed by atoms with Crippen LogP contribution in [0, 0.1) is 3.57 Å². The zero-order valence-corrected chi connectivity index (χ0v) is 24.5. The Balaban J connectivity index is 2.08. The Morgan fingerprint density at radius 1 is 0.432 bits per heavy atom. The molecule has 4 rings (SSSR count). The molecule has 0 atom stereocenters. The molecule has 0 aliphatic carbocycles. The van der Waals surface area contributed by atoms with Crippen LogP contribution in [0.3, 0.4) is 0 Å². The fraction of sp³-hybridized carbons (Fsp3) is 0.273. The van der Waals surface area contributed by atoms with Gasteiger partial charge in [-0.15, -0.1) is 0 Å². The van der Waals surface area contributed by atoms with Gasteiger partial charge in [0.05, 0.1) is 0 Å². The molecular weight excluding hydrogens is 571 g/mol. The number of phenolic OH excluding ortho intramolecular Hbond substituents is 3. The highest BCUT2D eigenvalue weighted by Crippen LogP contribution is 2.49. The first kappa shape index (κ1) is 27.1. The second-order valence-electron chi connectivity index (χ2n) is 11.4. The summed E-state index contributed by atoms with van der Waals surface area (Å²) in [6.07, 6.45) is 0. The molecule has 0 fully saturated rings. The largest absolute Gasteiger partial charge is 0.508 e. The van der Waals surface area contributed by atoms with Crippen molar-refractivity contribution < 1.29 is 15.3 Å². The van der Waals surface area contributed by atoms with E-state index in [1.807, 2.05) is 36.4 Å². The van der Waals surface area contributed by atoms with Crippen molar-refractivity contribution in [3.8, 4) is 17.2 Å². The van der Waals surface area contributed by atoms with Crippen LogP contribution < -0.4 is 0 Å². The molecule has 0 unspecified atom stereocenters. The van der Waals surface area contributed by atoms with Crippen LogP contribution in [-0.2, 0) is 16.2 Å². The second-order valence-corrected chi connectivity index (χ2v) is 12.5. The van der Waals surface area contributed by atoms with Gasteiger partial charge in [-0.25, -0.2) is 0 Å². The number of hydrogen-bond donors (Lipinski definition) is 3. The molecule has 3 N–H and O–H groups in total. The third kappa shape index (κ3) is 4.96.